The number of methoxy groups -OCH3 is 8. The number of likely N-dealkylation sites (N-methyl/N-ethyl adjacent to an activating group) is 2. The highest BCUT2D eigenvalue weighted by Crippen LogP contribution is 2.59. The van der Waals surface area contributed by atoms with E-state index in [1.807, 2.05) is 111 Å². The minimum atomic E-state index is -0.434. The molecule has 21 heteroatoms. The summed E-state index contributed by atoms with van der Waals surface area (Å²) in [6.45, 7) is 4.33. The molecule has 20 rings (SSSR count). The summed E-state index contributed by atoms with van der Waals surface area (Å²) in [4.78, 5) is 51.8. The Hall–Kier alpha value is -15.8. The van der Waals surface area contributed by atoms with Gasteiger partial charge in [0.1, 0.15) is 51.6 Å². The van der Waals surface area contributed by atoms with Gasteiger partial charge in [0.25, 0.3) is 11.8 Å². The van der Waals surface area contributed by atoms with Crippen molar-refractivity contribution in [3.8, 4) is 79.4 Å². The molecule has 134 heavy (non-hydrogen) atoms. The minimum Gasteiger partial charge on any atom is -0.497 e. The van der Waals surface area contributed by atoms with Crippen molar-refractivity contribution >= 4 is 161 Å². The lowest BCUT2D eigenvalue weighted by molar-refractivity contribution is -0.133. The fourth-order valence-corrected chi connectivity index (χ4v) is 20.8. The molecular weight excluding hydrogens is 1730 g/mol. The van der Waals surface area contributed by atoms with E-state index in [0.717, 1.165) is 212 Å². The fraction of sp³-hybridized carbons (Fsp3) is 0.106. The molecule has 1 aliphatic carbocycles. The number of benzene rings is 16. The standard InChI is InChI=1S/C113H92N8O10S3/c1-11-114-111(122)110(112(123)115(12-2)113(114)132)109-99-65-73(71-13-19-83(20-14-71)120-101-61-39-85(116(75-23-43-89(124-3)44-24-75)76-25-45-90(125-4)46-26-76)67-105(101)133-106-68-86(40-62-102(106)120)117(77-27-47-91(126-5)48-28-77)78-29-49-92(127-6)50-30-78)17-59-97(99)98-60-18-74(66-100(98)109)72-15-21-84(22-16-72)121-103-63-41-87(118(79-31-51-93(128-7)52-32-79)80-33-53-94(129-8)54-34-80)69-107(103)134-108-70-88(42-64-104(108)121)119(81-35-55-95(130-9)56-36-81)82-37-57-96(131-10)58-38-82/h13-70H,11-12H2,1-10H3. The molecule has 0 unspecified atom stereocenters. The fourth-order valence-electron chi connectivity index (χ4n) is 18.1. The summed E-state index contributed by atoms with van der Waals surface area (Å²) in [5, 5.41) is 0.189. The number of hydrogen-bond acceptors (Lipinski definition) is 19. The largest absolute Gasteiger partial charge is 0.497 e. The quantitative estimate of drug-likeness (QED) is 0.0289. The van der Waals surface area contributed by atoms with Crippen LogP contribution in [-0.2, 0) is 9.59 Å². The number of fused-ring (bicyclic) bond motifs is 7. The molecule has 0 spiro atoms. The smallest absolute Gasteiger partial charge is 0.266 e. The zero-order chi connectivity index (χ0) is 91.9. The number of amides is 2. The number of hydrogen-bond donors (Lipinski definition) is 0. The van der Waals surface area contributed by atoms with E-state index in [-0.39, 0.29) is 23.8 Å². The van der Waals surface area contributed by atoms with Gasteiger partial charge in [-0.1, -0.05) is 72.1 Å². The van der Waals surface area contributed by atoms with Crippen molar-refractivity contribution in [1.29, 1.82) is 0 Å². The van der Waals surface area contributed by atoms with E-state index in [1.54, 1.807) is 90.2 Å². The second-order valence-electron chi connectivity index (χ2n) is 32.2. The van der Waals surface area contributed by atoms with Crippen LogP contribution in [0.2, 0.25) is 0 Å². The lowest BCUT2D eigenvalue weighted by Crippen LogP contribution is -2.56. The number of rotatable bonds is 26. The summed E-state index contributed by atoms with van der Waals surface area (Å²) in [6, 6.07) is 122. The van der Waals surface area contributed by atoms with Gasteiger partial charge >= 0.3 is 0 Å². The molecule has 0 bridgehead atoms. The molecular formula is C113H92N8O10S3. The summed E-state index contributed by atoms with van der Waals surface area (Å²) in [5.74, 6) is 5.15. The predicted molar refractivity (Wildman–Crippen MR) is 545 cm³/mol. The van der Waals surface area contributed by atoms with Crippen LogP contribution in [0, 0.1) is 0 Å². The van der Waals surface area contributed by atoms with Crippen LogP contribution in [0.5, 0.6) is 46.0 Å². The zero-order valence-corrected chi connectivity index (χ0v) is 77.7. The zero-order valence-electron chi connectivity index (χ0n) is 75.3. The van der Waals surface area contributed by atoms with E-state index < -0.39 is 11.8 Å². The monoisotopic (exact) mass is 1820 g/mol. The van der Waals surface area contributed by atoms with E-state index in [2.05, 4.69) is 284 Å². The summed E-state index contributed by atoms with van der Waals surface area (Å²) in [5.41, 5.74) is 24.8. The average molecular weight is 1820 g/mol. The number of carbonyl (C=O) groups is 2. The van der Waals surface area contributed by atoms with Gasteiger partial charge in [0, 0.05) is 118 Å². The number of anilines is 18. The number of nitrogens with zero attached hydrogens (tertiary/aromatic N) is 8. The molecule has 3 heterocycles. The molecule has 0 N–H and O–H groups in total. The van der Waals surface area contributed by atoms with Crippen molar-refractivity contribution in [2.45, 2.75) is 33.4 Å². The average Bonchev–Trinajstić information content (AvgIpc) is 1.55. The molecule has 0 radical (unpaired) electrons. The minimum absolute atomic E-state index is 0.0694. The molecule has 0 saturated carbocycles. The van der Waals surface area contributed by atoms with Crippen LogP contribution in [0.15, 0.2) is 377 Å². The van der Waals surface area contributed by atoms with Crippen molar-refractivity contribution < 1.29 is 47.5 Å². The number of ether oxygens (including phenoxy) is 8. The molecule has 4 aliphatic rings. The summed E-state index contributed by atoms with van der Waals surface area (Å²) in [6.07, 6.45) is 0. The molecule has 662 valence electrons. The van der Waals surface area contributed by atoms with Gasteiger partial charge < -0.3 is 67.3 Å². The van der Waals surface area contributed by atoms with Gasteiger partial charge in [-0.15, -0.1) is 0 Å². The van der Waals surface area contributed by atoms with E-state index in [4.69, 9.17) is 50.1 Å². The van der Waals surface area contributed by atoms with Gasteiger partial charge in [-0.3, -0.25) is 19.4 Å². The Bertz CT molecular complexity index is 6280. The van der Waals surface area contributed by atoms with Crippen molar-refractivity contribution in [2.75, 3.05) is 99.4 Å². The Labute approximate surface area is 793 Å². The molecule has 18 nitrogen and oxygen atoms in total. The Balaban J connectivity index is 0.679. The lowest BCUT2D eigenvalue weighted by Gasteiger charge is -2.36. The normalized spacial score (nSPS) is 12.8. The predicted octanol–water partition coefficient (Wildman–Crippen LogP) is 28.6. The Morgan fingerprint density at radius 3 is 0.657 bits per heavy atom. The van der Waals surface area contributed by atoms with Crippen molar-refractivity contribution in [1.82, 2.24) is 9.80 Å². The van der Waals surface area contributed by atoms with Gasteiger partial charge in [0.05, 0.1) is 79.6 Å². The first kappa shape index (κ1) is 86.2. The van der Waals surface area contributed by atoms with Gasteiger partial charge in [0.15, 0.2) is 5.11 Å². The molecule has 16 aromatic rings. The van der Waals surface area contributed by atoms with E-state index in [1.165, 1.54) is 0 Å². The Morgan fingerprint density at radius 1 is 0.239 bits per heavy atom. The number of carbonyl (C=O) groups excluding carboxylic acids is 2. The van der Waals surface area contributed by atoms with Gasteiger partial charge in [-0.05, 0) is 374 Å². The highest BCUT2D eigenvalue weighted by molar-refractivity contribution is 8.00. The first-order valence-corrected chi connectivity index (χ1v) is 46.0. The summed E-state index contributed by atoms with van der Waals surface area (Å²) < 4.78 is 45.3. The first-order chi connectivity index (χ1) is 65.6. The first-order valence-electron chi connectivity index (χ1n) is 43.9. The van der Waals surface area contributed by atoms with Crippen LogP contribution in [0.25, 0.3) is 39.0 Å². The maximum Gasteiger partial charge on any atom is 0.266 e. The molecule has 16 aromatic carbocycles. The molecule has 1 saturated heterocycles. The highest BCUT2D eigenvalue weighted by Gasteiger charge is 2.43. The van der Waals surface area contributed by atoms with Crippen molar-refractivity contribution in [3.63, 3.8) is 0 Å². The highest BCUT2D eigenvalue weighted by atomic mass is 32.2. The second-order valence-corrected chi connectivity index (χ2v) is 34.7. The maximum absolute atomic E-state index is 15.5. The SMILES string of the molecule is CCN1C(=O)C(=C2c3cc(-c4ccc(N5c6ccc(N(c7ccc(OC)cc7)c7ccc(OC)cc7)cc6Sc6cc(N(c7ccc(OC)cc7)c7ccc(OC)cc7)ccc65)cc4)ccc3-c3ccc(-c4ccc(N5c6ccc(N(c7ccc(OC)cc7)c7ccc(OC)cc7)cc6Sc6cc(N(c7ccc(OC)cc7)c7ccc(OC)cc7)ccc65)cc4)cc32)C(=O)N(CC)C1=S. The topological polar surface area (TPSA) is 134 Å². The third-order valence-electron chi connectivity index (χ3n) is 24.9. The van der Waals surface area contributed by atoms with E-state index in [9.17, 15) is 0 Å². The maximum atomic E-state index is 15.5. The lowest BCUT2D eigenvalue weighted by atomic mass is 9.91. The Kier molecular flexibility index (Phi) is 23.7. The summed E-state index contributed by atoms with van der Waals surface area (Å²) in [7, 11) is 13.4. The second kappa shape index (κ2) is 36.9. The molecule has 1 fully saturated rings. The van der Waals surface area contributed by atoms with Crippen LogP contribution >= 0.6 is 35.7 Å². The molecule has 3 aliphatic heterocycles. The van der Waals surface area contributed by atoms with Crippen molar-refractivity contribution in [3.05, 3.63) is 369 Å². The van der Waals surface area contributed by atoms with Gasteiger partial charge in [0.2, 0.25) is 0 Å². The van der Waals surface area contributed by atoms with Crippen molar-refractivity contribution in [2.24, 2.45) is 0 Å². The van der Waals surface area contributed by atoms with Crippen LogP contribution in [0.3, 0.4) is 0 Å². The van der Waals surface area contributed by atoms with E-state index in [0.29, 0.717) is 5.57 Å². The van der Waals surface area contributed by atoms with E-state index >= 15 is 9.59 Å². The molecule has 0 atom stereocenters. The van der Waals surface area contributed by atoms with Crippen LogP contribution < -0.4 is 67.3 Å². The third kappa shape index (κ3) is 16.0. The molecule has 2 amide bonds. The number of thiocarbonyl (C=S) groups is 1. The summed E-state index contributed by atoms with van der Waals surface area (Å²) >= 11 is 9.41. The van der Waals surface area contributed by atoms with Crippen LogP contribution in [0.4, 0.5) is 102 Å². The van der Waals surface area contributed by atoms with Crippen LogP contribution in [0.1, 0.15) is 25.0 Å². The molecule has 0 aromatic heterocycles. The third-order valence-corrected chi connectivity index (χ3v) is 27.5. The van der Waals surface area contributed by atoms with Gasteiger partial charge in [-0.25, -0.2) is 0 Å². The van der Waals surface area contributed by atoms with Crippen LogP contribution in [-0.4, -0.2) is 96.7 Å². The Morgan fingerprint density at radius 2 is 0.448 bits per heavy atom. The van der Waals surface area contributed by atoms with Gasteiger partial charge in [-0.2, -0.15) is 0 Å².